The van der Waals surface area contributed by atoms with Crippen molar-refractivity contribution in [2.24, 2.45) is 7.05 Å². The molecule has 2 aromatic heterocycles. The summed E-state index contributed by atoms with van der Waals surface area (Å²) in [7, 11) is 1.71. The molecule has 2 atom stereocenters. The highest BCUT2D eigenvalue weighted by atomic mass is 19.2. The van der Waals surface area contributed by atoms with E-state index in [1.165, 1.54) is 0 Å². The summed E-state index contributed by atoms with van der Waals surface area (Å²) in [6.07, 6.45) is 2.12. The molecule has 34 heavy (non-hydrogen) atoms. The Hall–Kier alpha value is -3.55. The smallest absolute Gasteiger partial charge is 0.256 e. The summed E-state index contributed by atoms with van der Waals surface area (Å²) in [5.74, 6) is -3.99. The van der Waals surface area contributed by atoms with Crippen LogP contribution in [0.3, 0.4) is 0 Å². The van der Waals surface area contributed by atoms with Crippen LogP contribution in [0, 0.1) is 31.3 Å². The van der Waals surface area contributed by atoms with Crippen LogP contribution in [0.1, 0.15) is 51.8 Å². The summed E-state index contributed by atoms with van der Waals surface area (Å²) in [6.45, 7) is 4.03. The first-order chi connectivity index (χ1) is 16.3. The van der Waals surface area contributed by atoms with E-state index in [0.29, 0.717) is 17.7 Å². The lowest BCUT2D eigenvalue weighted by Gasteiger charge is -2.34. The van der Waals surface area contributed by atoms with Gasteiger partial charge in [-0.05, 0) is 56.9 Å². The monoisotopic (exact) mass is 464 g/mol. The second-order valence-electron chi connectivity index (χ2n) is 9.36. The number of aromatic amines is 1. The average molecular weight is 464 g/mol. The fourth-order valence-electron chi connectivity index (χ4n) is 5.81. The van der Waals surface area contributed by atoms with Crippen LogP contribution >= 0.6 is 0 Å². The Kier molecular flexibility index (Phi) is 4.46. The summed E-state index contributed by atoms with van der Waals surface area (Å²) < 4.78 is 43.1. The van der Waals surface area contributed by atoms with Gasteiger partial charge in [0.2, 0.25) is 0 Å². The zero-order valence-electron chi connectivity index (χ0n) is 19.0. The van der Waals surface area contributed by atoms with Crippen molar-refractivity contribution in [3.8, 4) is 11.3 Å². The third kappa shape index (κ3) is 2.80. The Labute approximate surface area is 194 Å². The molecule has 0 saturated carbocycles. The maximum Gasteiger partial charge on any atom is 0.256 e. The summed E-state index contributed by atoms with van der Waals surface area (Å²) >= 11 is 0. The van der Waals surface area contributed by atoms with Gasteiger partial charge in [-0.3, -0.25) is 9.48 Å². The number of benzene rings is 2. The molecule has 1 amide bonds. The van der Waals surface area contributed by atoms with Crippen LogP contribution in [-0.2, 0) is 13.5 Å². The second-order valence-corrected chi connectivity index (χ2v) is 9.36. The first kappa shape index (κ1) is 21.0. The van der Waals surface area contributed by atoms with E-state index in [1.54, 1.807) is 11.7 Å². The van der Waals surface area contributed by atoms with Crippen LogP contribution in [0.4, 0.5) is 13.2 Å². The highest BCUT2D eigenvalue weighted by Gasteiger charge is 2.46. The SMILES string of the molecule is Cc1[nH]c2c(C(=O)N3C4CCC3c3nn(C)c(-c5cc(F)c(F)c(F)c5)c3C4)cccc2c1C. The van der Waals surface area contributed by atoms with Crippen LogP contribution in [0.2, 0.25) is 0 Å². The molecule has 8 heteroatoms. The Morgan fingerprint density at radius 3 is 2.59 bits per heavy atom. The quantitative estimate of drug-likeness (QED) is 0.398. The molecule has 1 N–H and O–H groups in total. The average Bonchev–Trinajstić information content (AvgIpc) is 3.42. The van der Waals surface area contributed by atoms with Crippen molar-refractivity contribution in [1.29, 1.82) is 0 Å². The van der Waals surface area contributed by atoms with Crippen molar-refractivity contribution < 1.29 is 18.0 Å². The molecular formula is C26H23F3N4O. The van der Waals surface area contributed by atoms with Crippen molar-refractivity contribution in [3.05, 3.63) is 75.9 Å². The topological polar surface area (TPSA) is 53.9 Å². The molecule has 2 bridgehead atoms. The van der Waals surface area contributed by atoms with Crippen molar-refractivity contribution in [2.75, 3.05) is 0 Å². The predicted molar refractivity (Wildman–Crippen MR) is 122 cm³/mol. The van der Waals surface area contributed by atoms with Crippen LogP contribution in [0.25, 0.3) is 22.2 Å². The molecule has 2 unspecified atom stereocenters. The Balaban J connectivity index is 1.44. The number of nitrogens with one attached hydrogen (secondary N) is 1. The number of fused-ring (bicyclic) bond motifs is 5. The Bertz CT molecular complexity index is 1480. The molecule has 0 spiro atoms. The van der Waals surface area contributed by atoms with E-state index < -0.39 is 17.5 Å². The molecule has 1 saturated heterocycles. The number of hydrogen-bond acceptors (Lipinski definition) is 2. The second kappa shape index (κ2) is 7.22. The minimum Gasteiger partial charge on any atom is -0.358 e. The number of carbonyl (C=O) groups is 1. The van der Waals surface area contributed by atoms with E-state index in [4.69, 9.17) is 0 Å². The van der Waals surface area contributed by atoms with Gasteiger partial charge in [-0.15, -0.1) is 0 Å². The molecule has 2 aliphatic heterocycles. The van der Waals surface area contributed by atoms with Gasteiger partial charge in [0, 0.05) is 35.3 Å². The van der Waals surface area contributed by atoms with Gasteiger partial charge in [0.1, 0.15) is 0 Å². The number of H-pyrrole nitrogens is 1. The minimum absolute atomic E-state index is 0.0453. The maximum atomic E-state index is 14.0. The zero-order chi connectivity index (χ0) is 23.9. The predicted octanol–water partition coefficient (Wildman–Crippen LogP) is 5.50. The van der Waals surface area contributed by atoms with Crippen LogP contribution in [0.5, 0.6) is 0 Å². The van der Waals surface area contributed by atoms with Gasteiger partial charge < -0.3 is 9.88 Å². The third-order valence-electron chi connectivity index (χ3n) is 7.50. The molecule has 1 fully saturated rings. The van der Waals surface area contributed by atoms with Gasteiger partial charge >= 0.3 is 0 Å². The molecule has 2 aliphatic rings. The number of aryl methyl sites for hydroxylation is 3. The number of carbonyl (C=O) groups excluding carboxylic acids is 1. The normalized spacial score (nSPS) is 19.2. The van der Waals surface area contributed by atoms with Crippen molar-refractivity contribution in [1.82, 2.24) is 19.7 Å². The van der Waals surface area contributed by atoms with E-state index >= 15 is 0 Å². The van der Waals surface area contributed by atoms with Crippen molar-refractivity contribution >= 4 is 16.8 Å². The number of halogens is 3. The van der Waals surface area contributed by atoms with Gasteiger partial charge in [0.25, 0.3) is 5.91 Å². The van der Waals surface area contributed by atoms with Gasteiger partial charge in [-0.2, -0.15) is 5.10 Å². The van der Waals surface area contributed by atoms with Crippen LogP contribution in [-0.4, -0.2) is 31.6 Å². The number of rotatable bonds is 2. The van der Waals surface area contributed by atoms with Crippen LogP contribution in [0.15, 0.2) is 30.3 Å². The maximum absolute atomic E-state index is 14.0. The third-order valence-corrected chi connectivity index (χ3v) is 7.50. The molecule has 4 aromatic rings. The number of aromatic nitrogens is 3. The highest BCUT2D eigenvalue weighted by molar-refractivity contribution is 6.07. The molecule has 0 aliphatic carbocycles. The fourth-order valence-corrected chi connectivity index (χ4v) is 5.81. The van der Waals surface area contributed by atoms with E-state index in [0.717, 1.165) is 58.4 Å². The fraction of sp³-hybridized carbons (Fsp3) is 0.308. The summed E-state index contributed by atoms with van der Waals surface area (Å²) in [5.41, 5.74) is 6.06. The molecule has 2 aromatic carbocycles. The number of amides is 1. The van der Waals surface area contributed by atoms with Gasteiger partial charge in [0.15, 0.2) is 17.5 Å². The van der Waals surface area contributed by atoms with E-state index in [2.05, 4.69) is 10.1 Å². The highest BCUT2D eigenvalue weighted by Crippen LogP contribution is 2.47. The number of hydrogen-bond donors (Lipinski definition) is 1. The first-order valence-corrected chi connectivity index (χ1v) is 11.4. The molecule has 4 heterocycles. The molecule has 0 radical (unpaired) electrons. The number of nitrogens with zero attached hydrogens (tertiary/aromatic N) is 3. The molecular weight excluding hydrogens is 441 g/mol. The van der Waals surface area contributed by atoms with E-state index in [1.807, 2.05) is 36.9 Å². The lowest BCUT2D eigenvalue weighted by Crippen LogP contribution is -2.42. The van der Waals surface area contributed by atoms with Gasteiger partial charge in [0.05, 0.1) is 28.5 Å². The molecule has 6 rings (SSSR count). The lowest BCUT2D eigenvalue weighted by molar-refractivity contribution is 0.0644. The van der Waals surface area contributed by atoms with Crippen molar-refractivity contribution in [2.45, 2.75) is 45.2 Å². The Morgan fingerprint density at radius 2 is 1.85 bits per heavy atom. The molecule has 5 nitrogen and oxygen atoms in total. The summed E-state index contributed by atoms with van der Waals surface area (Å²) in [6, 6.07) is 7.52. The summed E-state index contributed by atoms with van der Waals surface area (Å²) in [4.78, 5) is 19.1. The summed E-state index contributed by atoms with van der Waals surface area (Å²) in [5, 5.41) is 5.71. The lowest BCUT2D eigenvalue weighted by atomic mass is 9.93. The van der Waals surface area contributed by atoms with Crippen LogP contribution < -0.4 is 0 Å². The largest absolute Gasteiger partial charge is 0.358 e. The Morgan fingerprint density at radius 1 is 1.12 bits per heavy atom. The van der Waals surface area contributed by atoms with E-state index in [9.17, 15) is 18.0 Å². The minimum atomic E-state index is -1.49. The van der Waals surface area contributed by atoms with Crippen molar-refractivity contribution in [3.63, 3.8) is 0 Å². The zero-order valence-corrected chi connectivity index (χ0v) is 19.0. The standard InChI is InChI=1S/C26H23F3N4O/c1-12-13(2)30-23-16(12)5-4-6-17(23)26(34)33-15-7-8-21(33)24-18(11-15)25(32(3)31-24)14-9-19(27)22(29)20(28)10-14/h4-6,9-10,15,21,30H,7-8,11H2,1-3H3. The number of para-hydroxylation sites is 1. The van der Waals surface area contributed by atoms with E-state index in [-0.39, 0.29) is 23.6 Å². The first-order valence-electron chi connectivity index (χ1n) is 11.4. The van der Waals surface area contributed by atoms with Gasteiger partial charge in [-0.1, -0.05) is 12.1 Å². The van der Waals surface area contributed by atoms with Gasteiger partial charge in [-0.25, -0.2) is 13.2 Å². The molecule has 174 valence electrons.